The summed E-state index contributed by atoms with van der Waals surface area (Å²) in [5, 5.41) is 2.60. The van der Waals surface area contributed by atoms with Crippen LogP contribution >= 0.6 is 24.0 Å². The van der Waals surface area contributed by atoms with Crippen molar-refractivity contribution < 1.29 is 18.0 Å². The van der Waals surface area contributed by atoms with E-state index in [0.717, 1.165) is 6.07 Å². The fourth-order valence-corrected chi connectivity index (χ4v) is 2.59. The van der Waals surface area contributed by atoms with E-state index in [1.807, 2.05) is 0 Å². The predicted octanol–water partition coefficient (Wildman–Crippen LogP) is 5.80. The van der Waals surface area contributed by atoms with Crippen LogP contribution in [0.1, 0.15) is 15.9 Å². The minimum absolute atomic E-state index is 0. The molecule has 0 atom stereocenters. The normalized spacial score (nSPS) is 11.0. The molecule has 0 saturated heterocycles. The van der Waals surface area contributed by atoms with Gasteiger partial charge in [0.25, 0.3) is 5.24 Å². The van der Waals surface area contributed by atoms with Crippen LogP contribution in [-0.4, -0.2) is 10.2 Å². The van der Waals surface area contributed by atoms with Crippen LogP contribution in [0.4, 0.5) is 24.5 Å². The molecule has 8 heteroatoms. The molecule has 25 heavy (non-hydrogen) atoms. The molecule has 0 radical (unpaired) electrons. The van der Waals surface area contributed by atoms with E-state index in [9.17, 15) is 18.0 Å². The highest BCUT2D eigenvalue weighted by molar-refractivity contribution is 6.68. The van der Waals surface area contributed by atoms with Crippen molar-refractivity contribution in [1.29, 1.82) is 0 Å². The van der Waals surface area contributed by atoms with E-state index in [4.69, 9.17) is 11.6 Å². The molecule has 0 unspecified atom stereocenters. The van der Waals surface area contributed by atoms with Crippen LogP contribution in [0.2, 0.25) is 0 Å². The van der Waals surface area contributed by atoms with Gasteiger partial charge in [-0.05, 0) is 35.9 Å². The lowest BCUT2D eigenvalue weighted by Crippen LogP contribution is -2.07. The highest BCUT2D eigenvalue weighted by Gasteiger charge is 2.33. The Morgan fingerprint density at radius 2 is 1.72 bits per heavy atom. The second-order valence-electron chi connectivity index (χ2n) is 5.00. The number of hydrogen-bond donors (Lipinski definition) is 1. The van der Waals surface area contributed by atoms with Crippen molar-refractivity contribution in [2.24, 2.45) is 0 Å². The van der Waals surface area contributed by atoms with Crippen LogP contribution in [0, 0.1) is 0 Å². The minimum Gasteiger partial charge on any atom is -0.354 e. The molecule has 0 aliphatic carbocycles. The predicted molar refractivity (Wildman–Crippen MR) is 93.9 cm³/mol. The van der Waals surface area contributed by atoms with Crippen molar-refractivity contribution in [1.82, 2.24) is 4.98 Å². The van der Waals surface area contributed by atoms with E-state index in [0.29, 0.717) is 16.8 Å². The van der Waals surface area contributed by atoms with Gasteiger partial charge in [-0.1, -0.05) is 24.3 Å². The lowest BCUT2D eigenvalue weighted by molar-refractivity contribution is -0.136. The zero-order valence-corrected chi connectivity index (χ0v) is 14.0. The largest absolute Gasteiger partial charge is 0.418 e. The first-order chi connectivity index (χ1) is 11.4. The van der Waals surface area contributed by atoms with Crippen LogP contribution < -0.4 is 5.32 Å². The van der Waals surface area contributed by atoms with Crippen molar-refractivity contribution in [3.05, 3.63) is 65.9 Å². The molecule has 2 aromatic carbocycles. The van der Waals surface area contributed by atoms with Gasteiger partial charge in [0.1, 0.15) is 0 Å². The smallest absolute Gasteiger partial charge is 0.354 e. The Hall–Kier alpha value is -2.31. The average molecular weight is 387 g/mol. The number of carbonyl (C=O) groups excluding carboxylic acids is 1. The van der Waals surface area contributed by atoms with Gasteiger partial charge in [-0.15, -0.1) is 12.4 Å². The monoisotopic (exact) mass is 386 g/mol. The number of carbonyl (C=O) groups is 1. The topological polar surface area (TPSA) is 42.0 Å². The maximum absolute atomic E-state index is 13.1. The summed E-state index contributed by atoms with van der Waals surface area (Å²) in [7, 11) is 0. The van der Waals surface area contributed by atoms with Gasteiger partial charge >= 0.3 is 6.18 Å². The van der Waals surface area contributed by atoms with E-state index < -0.39 is 17.0 Å². The molecule has 0 aliphatic rings. The van der Waals surface area contributed by atoms with Crippen molar-refractivity contribution in [3.8, 4) is 0 Å². The van der Waals surface area contributed by atoms with Crippen LogP contribution in [0.3, 0.4) is 0 Å². The molecular weight excluding hydrogens is 376 g/mol. The second-order valence-corrected chi connectivity index (χ2v) is 5.35. The van der Waals surface area contributed by atoms with Gasteiger partial charge in [-0.25, -0.2) is 0 Å². The summed E-state index contributed by atoms with van der Waals surface area (Å²) < 4.78 is 39.4. The zero-order valence-electron chi connectivity index (χ0n) is 12.5. The third-order valence-corrected chi connectivity index (χ3v) is 3.69. The standard InChI is InChI=1S/C17H10ClF3N2O.ClH/c18-16(24)11-4-1-2-7-13(11)23-14-8-9-22-15-10(14)5-3-6-12(15)17(19,20)21;/h1-9H,(H,22,23);1H. The number of nitrogens with zero attached hydrogens (tertiary/aromatic N) is 1. The van der Waals surface area contributed by atoms with Crippen LogP contribution in [0.5, 0.6) is 0 Å². The number of anilines is 2. The van der Waals surface area contributed by atoms with Gasteiger partial charge in [0.15, 0.2) is 0 Å². The number of alkyl halides is 3. The Bertz CT molecular complexity index is 929. The third kappa shape index (κ3) is 3.86. The first-order valence-corrected chi connectivity index (χ1v) is 7.26. The van der Waals surface area contributed by atoms with E-state index in [1.54, 1.807) is 18.2 Å². The molecule has 3 nitrogen and oxygen atoms in total. The Morgan fingerprint density at radius 3 is 2.40 bits per heavy atom. The van der Waals surface area contributed by atoms with Gasteiger partial charge in [-0.3, -0.25) is 9.78 Å². The Morgan fingerprint density at radius 1 is 1.00 bits per heavy atom. The zero-order chi connectivity index (χ0) is 17.3. The molecular formula is C17H11Cl2F3N2O. The number of hydrogen-bond acceptors (Lipinski definition) is 3. The highest BCUT2D eigenvalue weighted by atomic mass is 35.5. The Kier molecular flexibility index (Phi) is 5.55. The first-order valence-electron chi connectivity index (χ1n) is 6.89. The summed E-state index contributed by atoms with van der Waals surface area (Å²) in [6, 6.07) is 11.9. The molecule has 130 valence electrons. The lowest BCUT2D eigenvalue weighted by atomic mass is 10.1. The number of benzene rings is 2. The number of halogens is 5. The van der Waals surface area contributed by atoms with E-state index in [1.165, 1.54) is 30.5 Å². The summed E-state index contributed by atoms with van der Waals surface area (Å²) in [5.41, 5.74) is 0.0602. The van der Waals surface area contributed by atoms with Crippen molar-refractivity contribution in [2.45, 2.75) is 6.18 Å². The fourth-order valence-electron chi connectivity index (χ4n) is 2.42. The number of aromatic nitrogens is 1. The molecule has 0 spiro atoms. The Balaban J connectivity index is 0.00000225. The summed E-state index contributed by atoms with van der Waals surface area (Å²) in [5.74, 6) is 0. The van der Waals surface area contributed by atoms with Crippen LogP contribution in [-0.2, 0) is 6.18 Å². The summed E-state index contributed by atoms with van der Waals surface area (Å²) >= 11 is 5.54. The average Bonchev–Trinajstić information content (AvgIpc) is 2.54. The summed E-state index contributed by atoms with van der Waals surface area (Å²) in [4.78, 5) is 15.3. The first kappa shape index (κ1) is 19.0. The summed E-state index contributed by atoms with van der Waals surface area (Å²) in [6.45, 7) is 0. The molecule has 1 N–H and O–H groups in total. The maximum atomic E-state index is 13.1. The molecule has 0 aliphatic heterocycles. The van der Waals surface area contributed by atoms with Gasteiger partial charge in [0.2, 0.25) is 0 Å². The second kappa shape index (κ2) is 7.29. The molecule has 0 amide bonds. The van der Waals surface area contributed by atoms with Crippen molar-refractivity contribution >= 4 is 51.5 Å². The molecule has 0 bridgehead atoms. The maximum Gasteiger partial charge on any atom is 0.418 e. The number of rotatable bonds is 3. The van der Waals surface area contributed by atoms with Gasteiger partial charge in [0, 0.05) is 17.3 Å². The van der Waals surface area contributed by atoms with Gasteiger partial charge in [0.05, 0.1) is 22.3 Å². The molecule has 3 rings (SSSR count). The number of pyridine rings is 1. The van der Waals surface area contributed by atoms with Crippen molar-refractivity contribution in [3.63, 3.8) is 0 Å². The van der Waals surface area contributed by atoms with Crippen molar-refractivity contribution in [2.75, 3.05) is 5.32 Å². The number of para-hydroxylation sites is 2. The summed E-state index contributed by atoms with van der Waals surface area (Å²) in [6.07, 6.45) is -3.22. The van der Waals surface area contributed by atoms with Crippen LogP contribution in [0.25, 0.3) is 10.9 Å². The minimum atomic E-state index is -4.50. The Labute approximate surface area is 152 Å². The van der Waals surface area contributed by atoms with Gasteiger partial charge < -0.3 is 5.32 Å². The fraction of sp³-hybridized carbons (Fsp3) is 0.0588. The van der Waals surface area contributed by atoms with Crippen LogP contribution in [0.15, 0.2) is 54.7 Å². The number of fused-ring (bicyclic) bond motifs is 1. The van der Waals surface area contributed by atoms with Gasteiger partial charge in [-0.2, -0.15) is 13.2 Å². The SMILES string of the molecule is Cl.O=C(Cl)c1ccccc1Nc1ccnc2c(C(F)(F)F)cccc12. The molecule has 1 heterocycles. The molecule has 3 aromatic rings. The lowest BCUT2D eigenvalue weighted by Gasteiger charge is -2.14. The number of nitrogens with one attached hydrogen (secondary N) is 1. The quantitative estimate of drug-likeness (QED) is 0.578. The third-order valence-electron chi connectivity index (χ3n) is 3.48. The molecule has 0 saturated carbocycles. The van der Waals surface area contributed by atoms with E-state index in [-0.39, 0.29) is 23.5 Å². The molecule has 1 aromatic heterocycles. The van der Waals surface area contributed by atoms with E-state index in [2.05, 4.69) is 10.3 Å². The molecule has 0 fully saturated rings. The van der Waals surface area contributed by atoms with E-state index >= 15 is 0 Å². The highest BCUT2D eigenvalue weighted by Crippen LogP contribution is 2.36.